The van der Waals surface area contributed by atoms with Crippen LogP contribution in [0.25, 0.3) is 11.1 Å². The predicted molar refractivity (Wildman–Crippen MR) is 172 cm³/mol. The van der Waals surface area contributed by atoms with Crippen LogP contribution in [0.1, 0.15) is 89.6 Å². The Bertz CT molecular complexity index is 1330. The maximum absolute atomic E-state index is 2.74. The molecule has 207 valence electrons. The molecule has 1 atom stereocenters. The number of hydrogen-bond donors (Lipinski definition) is 0. The summed E-state index contributed by atoms with van der Waals surface area (Å²) in [5, 5.41) is 0. The van der Waals surface area contributed by atoms with Crippen molar-refractivity contribution in [1.29, 1.82) is 0 Å². The largest absolute Gasteiger partial charge is 0.377 e. The van der Waals surface area contributed by atoms with Crippen LogP contribution in [0.3, 0.4) is 0 Å². The van der Waals surface area contributed by atoms with Gasteiger partial charge in [0.1, 0.15) is 0 Å². The molecule has 3 aliphatic rings. The van der Waals surface area contributed by atoms with Crippen molar-refractivity contribution in [3.63, 3.8) is 0 Å². The van der Waals surface area contributed by atoms with Crippen LogP contribution in [0.5, 0.6) is 0 Å². The summed E-state index contributed by atoms with van der Waals surface area (Å²) in [6, 6.07) is 17.2. The molecule has 0 amide bonds. The van der Waals surface area contributed by atoms with Crippen LogP contribution < -0.4 is 4.90 Å². The molecule has 0 bridgehead atoms. The first-order valence-electron chi connectivity index (χ1n) is 15.9. The molecule has 1 nitrogen and oxygen atoms in total. The van der Waals surface area contributed by atoms with Crippen LogP contribution in [-0.4, -0.2) is 22.2 Å². The third-order valence-electron chi connectivity index (χ3n) is 10.6. The fourth-order valence-corrected chi connectivity index (χ4v) is 12.7. The van der Waals surface area contributed by atoms with Crippen molar-refractivity contribution in [3.05, 3.63) is 87.0 Å². The van der Waals surface area contributed by atoms with Gasteiger partial charge in [0.05, 0.1) is 0 Å². The summed E-state index contributed by atoms with van der Waals surface area (Å²) in [5.41, 5.74) is 19.6. The van der Waals surface area contributed by atoms with Crippen molar-refractivity contribution < 1.29 is 0 Å². The maximum Gasteiger partial charge on any atom is 0.0426 e. The average molecular weight is 536 g/mol. The van der Waals surface area contributed by atoms with Gasteiger partial charge in [-0.15, -0.1) is 19.2 Å². The van der Waals surface area contributed by atoms with Gasteiger partial charge < -0.3 is 4.90 Å². The van der Waals surface area contributed by atoms with Gasteiger partial charge in [-0.25, -0.2) is 0 Å². The Kier molecular flexibility index (Phi) is 7.29. The molecule has 0 radical (unpaired) electrons. The molecule has 0 aromatic heterocycles. The number of nitrogens with zero attached hydrogens (tertiary/aromatic N) is 1. The minimum Gasteiger partial charge on any atom is -0.377 e. The van der Waals surface area contributed by atoms with Crippen molar-refractivity contribution in [3.8, 4) is 11.1 Å². The first-order chi connectivity index (χ1) is 18.8. The Labute approximate surface area is 239 Å². The number of rotatable bonds is 8. The molecule has 2 heteroatoms. The summed E-state index contributed by atoms with van der Waals surface area (Å²) in [4.78, 5) is 2.38. The van der Waals surface area contributed by atoms with Crippen LogP contribution in [0.4, 0.5) is 5.69 Å². The summed E-state index contributed by atoms with van der Waals surface area (Å²) in [6.07, 6.45) is 13.9. The van der Waals surface area contributed by atoms with Crippen molar-refractivity contribution in [2.24, 2.45) is 0 Å². The molecule has 3 aromatic carbocycles. The van der Waals surface area contributed by atoms with E-state index < -0.39 is 8.07 Å². The van der Waals surface area contributed by atoms with Gasteiger partial charge in [-0.3, -0.25) is 0 Å². The Hall–Kier alpha value is -2.32. The molecule has 0 heterocycles. The van der Waals surface area contributed by atoms with E-state index in [-0.39, 0.29) is 0 Å². The lowest BCUT2D eigenvalue weighted by Crippen LogP contribution is -2.40. The van der Waals surface area contributed by atoms with Gasteiger partial charge in [0.25, 0.3) is 0 Å². The van der Waals surface area contributed by atoms with E-state index in [1.54, 1.807) is 50.1 Å². The summed E-state index contributed by atoms with van der Waals surface area (Å²) < 4.78 is 0. The molecule has 39 heavy (non-hydrogen) atoms. The molecule has 0 aliphatic heterocycles. The third kappa shape index (κ3) is 4.61. The molecule has 3 aliphatic carbocycles. The number of hydrogen-bond acceptors (Lipinski definition) is 1. The minimum atomic E-state index is -1.52. The Morgan fingerprint density at radius 1 is 0.795 bits per heavy atom. The lowest BCUT2D eigenvalue weighted by Gasteiger charge is -2.47. The fourth-order valence-electron chi connectivity index (χ4n) is 8.73. The Morgan fingerprint density at radius 3 is 2.03 bits per heavy atom. The maximum atomic E-state index is 2.74. The molecule has 6 rings (SSSR count). The van der Waals surface area contributed by atoms with Crippen molar-refractivity contribution >= 4 is 13.8 Å². The van der Waals surface area contributed by atoms with E-state index in [1.165, 1.54) is 81.9 Å². The number of benzene rings is 3. The van der Waals surface area contributed by atoms with Crippen molar-refractivity contribution in [1.82, 2.24) is 0 Å². The van der Waals surface area contributed by atoms with E-state index in [0.717, 1.165) is 11.1 Å². The highest BCUT2D eigenvalue weighted by Crippen LogP contribution is 2.52. The molecule has 0 N–H and O–H groups in total. The molecule has 0 saturated heterocycles. The van der Waals surface area contributed by atoms with Gasteiger partial charge in [0.2, 0.25) is 0 Å². The second-order valence-corrected chi connectivity index (χ2v) is 18.8. The monoisotopic (exact) mass is 535 g/mol. The molecule has 0 spiro atoms. The average Bonchev–Trinajstić information content (AvgIpc) is 3.65. The quantitative estimate of drug-likeness (QED) is 0.260. The molecule has 1 unspecified atom stereocenters. The van der Waals surface area contributed by atoms with Gasteiger partial charge >= 0.3 is 0 Å². The highest BCUT2D eigenvalue weighted by molar-refractivity contribution is 6.80. The lowest BCUT2D eigenvalue weighted by molar-refractivity contribution is 0.772. The highest BCUT2D eigenvalue weighted by Gasteiger charge is 2.38. The summed E-state index contributed by atoms with van der Waals surface area (Å²) >= 11 is 0. The van der Waals surface area contributed by atoms with Crippen LogP contribution >= 0.6 is 0 Å². The van der Waals surface area contributed by atoms with Crippen LogP contribution in [0.15, 0.2) is 42.5 Å². The number of aryl methyl sites for hydroxylation is 3. The summed E-state index contributed by atoms with van der Waals surface area (Å²) in [6.45, 7) is 10.1. The van der Waals surface area contributed by atoms with Crippen molar-refractivity contribution in [2.45, 2.75) is 109 Å². The minimum absolute atomic E-state index is 0.794. The lowest BCUT2D eigenvalue weighted by atomic mass is 9.86. The molecule has 3 aromatic rings. The second-order valence-electron chi connectivity index (χ2n) is 13.6. The van der Waals surface area contributed by atoms with Crippen LogP contribution in [-0.2, 0) is 44.9 Å². The zero-order chi connectivity index (χ0) is 27.3. The van der Waals surface area contributed by atoms with E-state index in [2.05, 4.69) is 88.4 Å². The van der Waals surface area contributed by atoms with Gasteiger partial charge in [0, 0.05) is 19.8 Å². The van der Waals surface area contributed by atoms with E-state index in [0.29, 0.717) is 0 Å². The predicted octanol–water partition coefficient (Wildman–Crippen LogP) is 9.26. The fraction of sp³-hybridized carbons (Fsp3) is 0.514. The van der Waals surface area contributed by atoms with E-state index in [9.17, 15) is 0 Å². The standard InChI is InChI=1S/C37H49NSi/c1-7-12-28-20-30(21-29(13-8-2)37(28)38(3)4)36-32-17-11-16-27(32)24-34-33(36)18-19-35(34)39(5,6)31-22-25-14-9-10-15-26(25)23-31/h9-10,14-15,20-21,24,31,35H,7-8,11-13,16-19,22-23H2,1-6H3/q-1. The molecule has 0 fully saturated rings. The normalized spacial score (nSPS) is 18.4. The third-order valence-corrected chi connectivity index (χ3v) is 15.6. The van der Waals surface area contributed by atoms with Gasteiger partial charge in [-0.1, -0.05) is 81.8 Å². The smallest absolute Gasteiger partial charge is 0.0426 e. The molecular formula is C37H49NSi-. The Morgan fingerprint density at radius 2 is 1.44 bits per heavy atom. The number of anilines is 1. The van der Waals surface area contributed by atoms with E-state index in [4.69, 9.17) is 0 Å². The van der Waals surface area contributed by atoms with E-state index >= 15 is 0 Å². The molecular weight excluding hydrogens is 487 g/mol. The second kappa shape index (κ2) is 10.6. The molecule has 0 saturated carbocycles. The highest BCUT2D eigenvalue weighted by atomic mass is 28.3. The number of fused-ring (bicyclic) bond motifs is 3. The van der Waals surface area contributed by atoms with Gasteiger partial charge in [-0.05, 0) is 101 Å². The van der Waals surface area contributed by atoms with E-state index in [1.807, 2.05) is 0 Å². The van der Waals surface area contributed by atoms with Gasteiger partial charge in [-0.2, -0.15) is 13.1 Å². The Balaban J connectivity index is 1.46. The summed E-state index contributed by atoms with van der Waals surface area (Å²) in [5.74, 6) is 0. The van der Waals surface area contributed by atoms with Crippen LogP contribution in [0, 0.1) is 0 Å². The van der Waals surface area contributed by atoms with Crippen molar-refractivity contribution in [2.75, 3.05) is 19.0 Å². The summed E-state index contributed by atoms with van der Waals surface area (Å²) in [7, 11) is 2.96. The topological polar surface area (TPSA) is 3.24 Å². The zero-order valence-electron chi connectivity index (χ0n) is 25.4. The van der Waals surface area contributed by atoms with Gasteiger partial charge in [0.15, 0.2) is 0 Å². The van der Waals surface area contributed by atoms with Crippen LogP contribution in [0.2, 0.25) is 18.6 Å². The first kappa shape index (κ1) is 26.9. The SMILES string of the molecule is CCCc1cc(-c2c3c(cc4c2CCC4[Si-](C)(C)C2Cc4ccccc4C2)CCC3)cc(CCC)c1N(C)C. The first-order valence-corrected chi connectivity index (χ1v) is 19.1. The zero-order valence-corrected chi connectivity index (χ0v) is 26.4.